The molecule has 0 N–H and O–H groups in total. The Hall–Kier alpha value is -0.860. The molecule has 1 aromatic rings. The Kier molecular flexibility index (Phi) is 4.11. The topological polar surface area (TPSA) is 26.3 Å². The molecule has 0 aliphatic rings. The maximum absolute atomic E-state index is 11.3. The predicted molar refractivity (Wildman–Crippen MR) is 56.5 cm³/mol. The molecule has 1 atom stereocenters. The summed E-state index contributed by atoms with van der Waals surface area (Å²) < 4.78 is 5.34. The molecule has 14 heavy (non-hydrogen) atoms. The Bertz CT molecular complexity index is 323. The van der Waals surface area contributed by atoms with Gasteiger partial charge in [0.2, 0.25) is 0 Å². The van der Waals surface area contributed by atoms with Gasteiger partial charge in [-0.1, -0.05) is 29.8 Å². The molecule has 2 nitrogen and oxygen atoms in total. The van der Waals surface area contributed by atoms with E-state index < -0.39 is 6.10 Å². The van der Waals surface area contributed by atoms with Crippen LogP contribution >= 0.6 is 11.6 Å². The zero-order chi connectivity index (χ0) is 10.6. The molecule has 3 heteroatoms. The van der Waals surface area contributed by atoms with Crippen molar-refractivity contribution in [3.63, 3.8) is 0 Å². The number of carbonyl (C=O) groups excluding carboxylic acids is 1. The Balaban J connectivity index is 2.99. The van der Waals surface area contributed by atoms with Gasteiger partial charge in [0.1, 0.15) is 6.10 Å². The Morgan fingerprint density at radius 3 is 2.64 bits per heavy atom. The van der Waals surface area contributed by atoms with E-state index >= 15 is 0 Å². The lowest BCUT2D eigenvalue weighted by Crippen LogP contribution is -2.13. The molecule has 0 aromatic heterocycles. The van der Waals surface area contributed by atoms with Crippen LogP contribution in [0.25, 0.3) is 0 Å². The lowest BCUT2D eigenvalue weighted by atomic mass is 10.1. The maximum atomic E-state index is 11.3. The van der Waals surface area contributed by atoms with E-state index in [2.05, 4.69) is 0 Å². The lowest BCUT2D eigenvalue weighted by molar-refractivity contribution is -0.128. The van der Waals surface area contributed by atoms with E-state index in [0.717, 1.165) is 5.56 Å². The second kappa shape index (κ2) is 5.13. The second-order valence-electron chi connectivity index (χ2n) is 2.97. The molecule has 0 heterocycles. The van der Waals surface area contributed by atoms with Gasteiger partial charge in [-0.15, -0.1) is 0 Å². The number of halogens is 1. The van der Waals surface area contributed by atoms with Crippen LogP contribution in [0.2, 0.25) is 5.02 Å². The van der Waals surface area contributed by atoms with Crippen molar-refractivity contribution in [2.24, 2.45) is 0 Å². The zero-order valence-electron chi connectivity index (χ0n) is 8.29. The van der Waals surface area contributed by atoms with E-state index in [0.29, 0.717) is 11.6 Å². The summed E-state index contributed by atoms with van der Waals surface area (Å²) in [6.45, 7) is 3.85. The zero-order valence-corrected chi connectivity index (χ0v) is 9.04. The van der Waals surface area contributed by atoms with Crippen molar-refractivity contribution >= 4 is 17.4 Å². The van der Waals surface area contributed by atoms with E-state index in [9.17, 15) is 4.79 Å². The summed E-state index contributed by atoms with van der Waals surface area (Å²) in [4.78, 5) is 11.3. The van der Waals surface area contributed by atoms with Gasteiger partial charge in [-0.05, 0) is 19.9 Å². The molecule has 0 saturated carbocycles. The summed E-state index contributed by atoms with van der Waals surface area (Å²) in [5.41, 5.74) is 0.739. The third kappa shape index (κ3) is 2.56. The van der Waals surface area contributed by atoms with E-state index in [4.69, 9.17) is 16.3 Å². The molecule has 76 valence electrons. The van der Waals surface area contributed by atoms with Gasteiger partial charge in [-0.2, -0.15) is 0 Å². The fourth-order valence-electron chi connectivity index (χ4n) is 1.28. The quantitative estimate of drug-likeness (QED) is 0.767. The van der Waals surface area contributed by atoms with E-state index in [1.165, 1.54) is 6.92 Å². The third-order valence-corrected chi connectivity index (χ3v) is 2.23. The standard InChI is InChI=1S/C11H13ClO2/c1-3-14-11(8(2)13)9-6-4-5-7-10(9)12/h4-7,11H,3H2,1-2H3. The molecule has 0 spiro atoms. The van der Waals surface area contributed by atoms with Gasteiger partial charge in [0.25, 0.3) is 0 Å². The predicted octanol–water partition coefficient (Wildman–Crippen LogP) is 3.01. The highest BCUT2D eigenvalue weighted by atomic mass is 35.5. The second-order valence-corrected chi connectivity index (χ2v) is 3.37. The number of ether oxygens (including phenoxy) is 1. The Morgan fingerprint density at radius 2 is 2.14 bits per heavy atom. The highest BCUT2D eigenvalue weighted by molar-refractivity contribution is 6.31. The summed E-state index contributed by atoms with van der Waals surface area (Å²) in [6, 6.07) is 7.24. The fourth-order valence-corrected chi connectivity index (χ4v) is 1.52. The SMILES string of the molecule is CCOC(C(C)=O)c1ccccc1Cl. The molecule has 0 bridgehead atoms. The van der Waals surface area contributed by atoms with Gasteiger partial charge < -0.3 is 4.74 Å². The largest absolute Gasteiger partial charge is 0.366 e. The molecule has 0 saturated heterocycles. The van der Waals surface area contributed by atoms with Crippen LogP contribution in [0, 0.1) is 0 Å². The summed E-state index contributed by atoms with van der Waals surface area (Å²) in [6.07, 6.45) is -0.534. The number of carbonyl (C=O) groups is 1. The lowest BCUT2D eigenvalue weighted by Gasteiger charge is -2.15. The van der Waals surface area contributed by atoms with Crippen molar-refractivity contribution in [1.82, 2.24) is 0 Å². The summed E-state index contributed by atoms with van der Waals surface area (Å²) in [7, 11) is 0. The van der Waals surface area contributed by atoms with Crippen LogP contribution in [0.4, 0.5) is 0 Å². The van der Waals surface area contributed by atoms with Crippen LogP contribution in [-0.2, 0) is 9.53 Å². The molecular weight excluding hydrogens is 200 g/mol. The van der Waals surface area contributed by atoms with Crippen molar-refractivity contribution in [2.75, 3.05) is 6.61 Å². The molecular formula is C11H13ClO2. The average Bonchev–Trinajstić information content (AvgIpc) is 2.15. The minimum Gasteiger partial charge on any atom is -0.366 e. The van der Waals surface area contributed by atoms with Gasteiger partial charge in [-0.25, -0.2) is 0 Å². The van der Waals surface area contributed by atoms with Gasteiger partial charge in [0.05, 0.1) is 0 Å². The molecule has 1 rings (SSSR count). The van der Waals surface area contributed by atoms with Gasteiger partial charge in [0, 0.05) is 17.2 Å². The van der Waals surface area contributed by atoms with Crippen molar-refractivity contribution in [2.45, 2.75) is 20.0 Å². The molecule has 1 unspecified atom stereocenters. The first-order valence-corrected chi connectivity index (χ1v) is 4.91. The Morgan fingerprint density at radius 1 is 1.50 bits per heavy atom. The maximum Gasteiger partial charge on any atom is 0.163 e. The van der Waals surface area contributed by atoms with Crippen molar-refractivity contribution in [1.29, 1.82) is 0 Å². The van der Waals surface area contributed by atoms with E-state index in [-0.39, 0.29) is 5.78 Å². The summed E-state index contributed by atoms with van der Waals surface area (Å²) in [5, 5.41) is 0.571. The van der Waals surface area contributed by atoms with Crippen molar-refractivity contribution < 1.29 is 9.53 Å². The van der Waals surface area contributed by atoms with Gasteiger partial charge in [-0.3, -0.25) is 4.79 Å². The molecule has 1 aromatic carbocycles. The van der Waals surface area contributed by atoms with E-state index in [1.807, 2.05) is 25.1 Å². The molecule has 0 aliphatic carbocycles. The molecule has 0 amide bonds. The van der Waals surface area contributed by atoms with Gasteiger partial charge in [0.15, 0.2) is 5.78 Å². The van der Waals surface area contributed by atoms with E-state index in [1.54, 1.807) is 6.07 Å². The number of hydrogen-bond donors (Lipinski definition) is 0. The fraction of sp³-hybridized carbons (Fsp3) is 0.364. The van der Waals surface area contributed by atoms with Crippen LogP contribution in [0.3, 0.4) is 0 Å². The van der Waals surface area contributed by atoms with Crippen LogP contribution in [0.5, 0.6) is 0 Å². The highest BCUT2D eigenvalue weighted by Crippen LogP contribution is 2.25. The Labute approximate surface area is 88.8 Å². The number of benzene rings is 1. The highest BCUT2D eigenvalue weighted by Gasteiger charge is 2.18. The summed E-state index contributed by atoms with van der Waals surface area (Å²) in [5.74, 6) is -0.0278. The van der Waals surface area contributed by atoms with Crippen molar-refractivity contribution in [3.8, 4) is 0 Å². The minimum atomic E-state index is -0.534. The van der Waals surface area contributed by atoms with Gasteiger partial charge >= 0.3 is 0 Å². The number of hydrogen-bond acceptors (Lipinski definition) is 2. The summed E-state index contributed by atoms with van der Waals surface area (Å²) >= 11 is 5.97. The molecule has 0 aliphatic heterocycles. The monoisotopic (exact) mass is 212 g/mol. The first kappa shape index (κ1) is 11.2. The number of Topliss-reactive ketones (excluding diaryl/α,β-unsaturated/α-hetero) is 1. The molecule has 0 radical (unpaired) electrons. The average molecular weight is 213 g/mol. The third-order valence-electron chi connectivity index (χ3n) is 1.89. The smallest absolute Gasteiger partial charge is 0.163 e. The van der Waals surface area contributed by atoms with Crippen LogP contribution in [-0.4, -0.2) is 12.4 Å². The number of ketones is 1. The number of rotatable bonds is 4. The molecule has 0 fully saturated rings. The van der Waals surface area contributed by atoms with Crippen molar-refractivity contribution in [3.05, 3.63) is 34.9 Å². The first-order valence-electron chi connectivity index (χ1n) is 4.53. The first-order chi connectivity index (χ1) is 6.66. The normalized spacial score (nSPS) is 12.5. The van der Waals surface area contributed by atoms with Crippen LogP contribution < -0.4 is 0 Å². The van der Waals surface area contributed by atoms with Crippen LogP contribution in [0.1, 0.15) is 25.5 Å². The minimum absolute atomic E-state index is 0.0278. The van der Waals surface area contributed by atoms with Crippen LogP contribution in [0.15, 0.2) is 24.3 Å².